The van der Waals surface area contributed by atoms with Crippen molar-refractivity contribution in [3.63, 3.8) is 0 Å². The number of methoxy groups -OCH3 is 2. The third kappa shape index (κ3) is 3.66. The number of piperidine rings is 1. The van der Waals surface area contributed by atoms with Crippen LogP contribution in [0.4, 0.5) is 0 Å². The lowest BCUT2D eigenvalue weighted by atomic mass is 9.89. The second-order valence-corrected chi connectivity index (χ2v) is 5.97. The monoisotopic (exact) mass is 277 g/mol. The van der Waals surface area contributed by atoms with Gasteiger partial charge in [-0.1, -0.05) is 6.07 Å². The van der Waals surface area contributed by atoms with E-state index < -0.39 is 0 Å². The molecule has 3 nitrogen and oxygen atoms in total. The molecule has 1 heterocycles. The number of ether oxygens (including phenoxy) is 2. The molecular formula is C17H27NO2. The van der Waals surface area contributed by atoms with Gasteiger partial charge in [0.15, 0.2) is 11.5 Å². The smallest absolute Gasteiger partial charge is 0.160 e. The molecule has 3 heteroatoms. The quantitative estimate of drug-likeness (QED) is 0.823. The van der Waals surface area contributed by atoms with Gasteiger partial charge in [0.25, 0.3) is 0 Å². The van der Waals surface area contributed by atoms with E-state index in [9.17, 15) is 0 Å². The lowest BCUT2D eigenvalue weighted by Gasteiger charge is -2.34. The van der Waals surface area contributed by atoms with Gasteiger partial charge in [0.1, 0.15) is 0 Å². The Balaban J connectivity index is 1.94. The fourth-order valence-corrected chi connectivity index (χ4v) is 3.01. The summed E-state index contributed by atoms with van der Waals surface area (Å²) in [6.07, 6.45) is 3.74. The molecule has 0 aliphatic carbocycles. The second kappa shape index (κ2) is 6.98. The van der Waals surface area contributed by atoms with E-state index in [1.807, 2.05) is 6.07 Å². The van der Waals surface area contributed by atoms with Gasteiger partial charge < -0.3 is 14.4 Å². The van der Waals surface area contributed by atoms with E-state index in [1.165, 1.54) is 31.5 Å². The molecule has 1 aromatic carbocycles. The van der Waals surface area contributed by atoms with E-state index in [2.05, 4.69) is 30.9 Å². The number of likely N-dealkylation sites (tertiary alicyclic amines) is 1. The molecule has 1 aliphatic rings. The maximum absolute atomic E-state index is 5.38. The number of nitrogens with zero attached hydrogens (tertiary/aromatic N) is 1. The average Bonchev–Trinajstić information content (AvgIpc) is 2.47. The summed E-state index contributed by atoms with van der Waals surface area (Å²) in [5.41, 5.74) is 1.35. The number of benzene rings is 1. The van der Waals surface area contributed by atoms with Crippen LogP contribution in [-0.2, 0) is 6.42 Å². The Labute approximate surface area is 122 Å². The third-order valence-corrected chi connectivity index (χ3v) is 4.35. The summed E-state index contributed by atoms with van der Waals surface area (Å²) >= 11 is 0. The molecule has 1 saturated heterocycles. The number of hydrogen-bond acceptors (Lipinski definition) is 3. The Hall–Kier alpha value is -1.22. The average molecular weight is 277 g/mol. The van der Waals surface area contributed by atoms with E-state index in [-0.39, 0.29) is 0 Å². The SMILES string of the molecule is COc1ccc(CC2CCN(C(C)C)CC2)cc1OC. The fraction of sp³-hybridized carbons (Fsp3) is 0.647. The summed E-state index contributed by atoms with van der Waals surface area (Å²) < 4.78 is 10.7. The van der Waals surface area contributed by atoms with Crippen molar-refractivity contribution in [2.75, 3.05) is 27.3 Å². The van der Waals surface area contributed by atoms with Crippen molar-refractivity contribution in [3.8, 4) is 11.5 Å². The molecule has 1 aromatic rings. The van der Waals surface area contributed by atoms with Gasteiger partial charge in [0.05, 0.1) is 14.2 Å². The topological polar surface area (TPSA) is 21.7 Å². The normalized spacial score (nSPS) is 17.4. The summed E-state index contributed by atoms with van der Waals surface area (Å²) in [6, 6.07) is 6.97. The Kier molecular flexibility index (Phi) is 5.30. The van der Waals surface area contributed by atoms with Crippen molar-refractivity contribution >= 4 is 0 Å². The summed E-state index contributed by atoms with van der Waals surface area (Å²) in [5, 5.41) is 0. The van der Waals surface area contributed by atoms with Crippen LogP contribution >= 0.6 is 0 Å². The first-order valence-electron chi connectivity index (χ1n) is 7.59. The van der Waals surface area contributed by atoms with Gasteiger partial charge in [-0.25, -0.2) is 0 Å². The summed E-state index contributed by atoms with van der Waals surface area (Å²) in [4.78, 5) is 2.57. The molecule has 0 aromatic heterocycles. The molecule has 2 rings (SSSR count). The Morgan fingerprint density at radius 3 is 2.30 bits per heavy atom. The van der Waals surface area contributed by atoms with E-state index >= 15 is 0 Å². The van der Waals surface area contributed by atoms with Crippen LogP contribution in [-0.4, -0.2) is 38.3 Å². The van der Waals surface area contributed by atoms with Gasteiger partial charge in [-0.2, -0.15) is 0 Å². The predicted molar refractivity (Wildman–Crippen MR) is 82.7 cm³/mol. The lowest BCUT2D eigenvalue weighted by Crippen LogP contribution is -2.38. The van der Waals surface area contributed by atoms with E-state index in [0.717, 1.165) is 23.8 Å². The molecule has 0 unspecified atom stereocenters. The highest BCUT2D eigenvalue weighted by molar-refractivity contribution is 5.43. The van der Waals surface area contributed by atoms with Gasteiger partial charge in [-0.15, -0.1) is 0 Å². The molecule has 1 aliphatic heterocycles. The van der Waals surface area contributed by atoms with Crippen LogP contribution in [0.1, 0.15) is 32.3 Å². The Bertz CT molecular complexity index is 423. The van der Waals surface area contributed by atoms with Gasteiger partial charge in [0.2, 0.25) is 0 Å². The fourth-order valence-electron chi connectivity index (χ4n) is 3.01. The van der Waals surface area contributed by atoms with Crippen LogP contribution in [0, 0.1) is 5.92 Å². The van der Waals surface area contributed by atoms with Crippen LogP contribution in [0.3, 0.4) is 0 Å². The molecule has 20 heavy (non-hydrogen) atoms. The van der Waals surface area contributed by atoms with E-state index in [0.29, 0.717) is 6.04 Å². The molecule has 0 amide bonds. The maximum atomic E-state index is 5.38. The van der Waals surface area contributed by atoms with Crippen LogP contribution < -0.4 is 9.47 Å². The van der Waals surface area contributed by atoms with Crippen molar-refractivity contribution in [2.45, 2.75) is 39.2 Å². The molecule has 0 saturated carbocycles. The van der Waals surface area contributed by atoms with E-state index in [1.54, 1.807) is 14.2 Å². The highest BCUT2D eigenvalue weighted by Gasteiger charge is 2.21. The molecule has 0 radical (unpaired) electrons. The van der Waals surface area contributed by atoms with Gasteiger partial charge >= 0.3 is 0 Å². The number of hydrogen-bond donors (Lipinski definition) is 0. The van der Waals surface area contributed by atoms with Crippen LogP contribution in [0.15, 0.2) is 18.2 Å². The molecule has 112 valence electrons. The van der Waals surface area contributed by atoms with Gasteiger partial charge in [-0.05, 0) is 69.8 Å². The Morgan fingerprint density at radius 1 is 1.10 bits per heavy atom. The minimum absolute atomic E-state index is 0.678. The molecule has 0 bridgehead atoms. The first-order chi connectivity index (χ1) is 9.63. The second-order valence-electron chi connectivity index (χ2n) is 5.97. The largest absolute Gasteiger partial charge is 0.493 e. The first-order valence-corrected chi connectivity index (χ1v) is 7.59. The Morgan fingerprint density at radius 2 is 1.75 bits per heavy atom. The first kappa shape index (κ1) is 15.2. The maximum Gasteiger partial charge on any atom is 0.160 e. The zero-order valence-corrected chi connectivity index (χ0v) is 13.2. The minimum Gasteiger partial charge on any atom is -0.493 e. The summed E-state index contributed by atoms with van der Waals surface area (Å²) in [5.74, 6) is 2.44. The van der Waals surface area contributed by atoms with Crippen LogP contribution in [0.5, 0.6) is 11.5 Å². The number of rotatable bonds is 5. The third-order valence-electron chi connectivity index (χ3n) is 4.35. The molecular weight excluding hydrogens is 250 g/mol. The zero-order valence-electron chi connectivity index (χ0n) is 13.2. The molecule has 0 atom stereocenters. The predicted octanol–water partition coefficient (Wildman–Crippen LogP) is 3.37. The van der Waals surface area contributed by atoms with Crippen LogP contribution in [0.2, 0.25) is 0 Å². The van der Waals surface area contributed by atoms with Crippen molar-refractivity contribution in [2.24, 2.45) is 5.92 Å². The summed E-state index contributed by atoms with van der Waals surface area (Å²) in [7, 11) is 3.38. The van der Waals surface area contributed by atoms with Crippen molar-refractivity contribution in [1.29, 1.82) is 0 Å². The standard InChI is InChI=1S/C17H27NO2/c1-13(2)18-9-7-14(8-10-18)11-15-5-6-16(19-3)17(12-15)20-4/h5-6,12-14H,7-11H2,1-4H3. The summed E-state index contributed by atoms with van der Waals surface area (Å²) in [6.45, 7) is 7.04. The van der Waals surface area contributed by atoms with Crippen LogP contribution in [0.25, 0.3) is 0 Å². The van der Waals surface area contributed by atoms with Gasteiger partial charge in [0, 0.05) is 6.04 Å². The van der Waals surface area contributed by atoms with Crippen molar-refractivity contribution in [1.82, 2.24) is 4.90 Å². The van der Waals surface area contributed by atoms with Crippen molar-refractivity contribution < 1.29 is 9.47 Å². The highest BCUT2D eigenvalue weighted by atomic mass is 16.5. The van der Waals surface area contributed by atoms with Crippen molar-refractivity contribution in [3.05, 3.63) is 23.8 Å². The van der Waals surface area contributed by atoms with Gasteiger partial charge in [-0.3, -0.25) is 0 Å². The molecule has 1 fully saturated rings. The zero-order chi connectivity index (χ0) is 14.5. The molecule has 0 N–H and O–H groups in total. The minimum atomic E-state index is 0.678. The lowest BCUT2D eigenvalue weighted by molar-refractivity contribution is 0.149. The van der Waals surface area contributed by atoms with E-state index in [4.69, 9.17) is 9.47 Å². The highest BCUT2D eigenvalue weighted by Crippen LogP contribution is 2.30. The molecule has 0 spiro atoms.